The van der Waals surface area contributed by atoms with Crippen LogP contribution in [0.5, 0.6) is 0 Å². The summed E-state index contributed by atoms with van der Waals surface area (Å²) in [6, 6.07) is 11.2. The molecule has 2 rings (SSSR count). The highest BCUT2D eigenvalue weighted by atomic mass is 32.2. The van der Waals surface area contributed by atoms with Gasteiger partial charge in [-0.3, -0.25) is 4.79 Å². The van der Waals surface area contributed by atoms with Crippen LogP contribution >= 0.6 is 0 Å². The second-order valence-electron chi connectivity index (χ2n) is 5.57. The van der Waals surface area contributed by atoms with E-state index in [1.165, 1.54) is 5.56 Å². The van der Waals surface area contributed by atoms with E-state index in [9.17, 15) is 13.2 Å². The van der Waals surface area contributed by atoms with Crippen LogP contribution in [0.4, 0.5) is 0 Å². The third-order valence-corrected chi connectivity index (χ3v) is 4.11. The van der Waals surface area contributed by atoms with Crippen LogP contribution in [0.1, 0.15) is 35.9 Å². The van der Waals surface area contributed by atoms with Crippen LogP contribution in [0.3, 0.4) is 0 Å². The first-order chi connectivity index (χ1) is 10.8. The van der Waals surface area contributed by atoms with Gasteiger partial charge in [0.05, 0.1) is 5.75 Å². The van der Waals surface area contributed by atoms with Crippen molar-refractivity contribution in [3.63, 3.8) is 0 Å². The zero-order valence-electron chi connectivity index (χ0n) is 13.1. The Hall–Kier alpha value is -2.12. The molecule has 1 amide bonds. The van der Waals surface area contributed by atoms with Crippen LogP contribution in [0.2, 0.25) is 0 Å². The van der Waals surface area contributed by atoms with Gasteiger partial charge in [-0.1, -0.05) is 32.0 Å². The molecule has 3 N–H and O–H groups in total. The quantitative estimate of drug-likeness (QED) is 0.843. The Morgan fingerprint density at radius 1 is 1.26 bits per heavy atom. The lowest BCUT2D eigenvalue weighted by Crippen LogP contribution is -2.31. The molecule has 7 heteroatoms. The molecule has 1 aromatic carbocycles. The van der Waals surface area contributed by atoms with E-state index in [-0.39, 0.29) is 18.1 Å². The van der Waals surface area contributed by atoms with Crippen molar-refractivity contribution in [3.8, 4) is 11.3 Å². The highest BCUT2D eigenvalue weighted by Gasteiger charge is 2.13. The number of nitrogens with one attached hydrogen (secondary N) is 1. The van der Waals surface area contributed by atoms with E-state index in [0.29, 0.717) is 11.7 Å². The minimum atomic E-state index is -3.60. The third kappa shape index (κ3) is 4.94. The Balaban J connectivity index is 2.08. The maximum absolute atomic E-state index is 11.9. The second kappa shape index (κ2) is 6.97. The van der Waals surface area contributed by atoms with Gasteiger partial charge in [0.25, 0.3) is 5.91 Å². The average Bonchev–Trinajstić information content (AvgIpc) is 2.96. The molecule has 0 fully saturated rings. The Morgan fingerprint density at radius 2 is 2.00 bits per heavy atom. The van der Waals surface area contributed by atoms with Crippen LogP contribution in [0.15, 0.2) is 40.8 Å². The van der Waals surface area contributed by atoms with Crippen molar-refractivity contribution in [3.05, 3.63) is 47.7 Å². The van der Waals surface area contributed by atoms with Gasteiger partial charge in [-0.15, -0.1) is 0 Å². The lowest BCUT2D eigenvalue weighted by atomic mass is 10.0. The molecule has 0 aliphatic rings. The molecule has 1 heterocycles. The zero-order valence-corrected chi connectivity index (χ0v) is 13.9. The van der Waals surface area contributed by atoms with Gasteiger partial charge in [0.15, 0.2) is 5.76 Å². The van der Waals surface area contributed by atoms with Gasteiger partial charge in [0, 0.05) is 12.1 Å². The number of nitrogens with two attached hydrogens (primary N) is 1. The molecule has 0 spiro atoms. The summed E-state index contributed by atoms with van der Waals surface area (Å²) in [5.74, 6) is 0.321. The van der Waals surface area contributed by atoms with Crippen molar-refractivity contribution in [1.29, 1.82) is 0 Å². The first-order valence-electron chi connectivity index (χ1n) is 7.25. The van der Waals surface area contributed by atoms with Crippen molar-refractivity contribution in [2.45, 2.75) is 19.8 Å². The highest BCUT2D eigenvalue weighted by molar-refractivity contribution is 7.89. The summed E-state index contributed by atoms with van der Waals surface area (Å²) in [7, 11) is -3.60. The smallest absolute Gasteiger partial charge is 0.287 e. The number of rotatable bonds is 6. The van der Waals surface area contributed by atoms with Gasteiger partial charge < -0.3 is 9.73 Å². The largest absolute Gasteiger partial charge is 0.451 e. The maximum Gasteiger partial charge on any atom is 0.287 e. The summed E-state index contributed by atoms with van der Waals surface area (Å²) < 4.78 is 27.2. The Morgan fingerprint density at radius 3 is 2.65 bits per heavy atom. The number of furan rings is 1. The topological polar surface area (TPSA) is 102 Å². The minimum Gasteiger partial charge on any atom is -0.451 e. The van der Waals surface area contributed by atoms with Crippen LogP contribution in [0.25, 0.3) is 11.3 Å². The molecule has 0 bridgehead atoms. The fraction of sp³-hybridized carbons (Fsp3) is 0.312. The van der Waals surface area contributed by atoms with Crippen molar-refractivity contribution < 1.29 is 17.6 Å². The van der Waals surface area contributed by atoms with Crippen LogP contribution in [0, 0.1) is 0 Å². The molecule has 2 aromatic rings. The molecule has 0 saturated carbocycles. The van der Waals surface area contributed by atoms with E-state index in [2.05, 4.69) is 19.2 Å². The Kier molecular flexibility index (Phi) is 5.23. The Bertz CT molecular complexity index is 794. The minimum absolute atomic E-state index is 0.0590. The number of benzene rings is 1. The number of amides is 1. The van der Waals surface area contributed by atoms with Gasteiger partial charge in [-0.2, -0.15) is 0 Å². The van der Waals surface area contributed by atoms with Gasteiger partial charge >= 0.3 is 0 Å². The number of carbonyl (C=O) groups excluding carboxylic acids is 1. The summed E-state index contributed by atoms with van der Waals surface area (Å²) in [6.07, 6.45) is 0. The van der Waals surface area contributed by atoms with E-state index in [4.69, 9.17) is 9.56 Å². The number of carbonyl (C=O) groups is 1. The van der Waals surface area contributed by atoms with Crippen molar-refractivity contribution in [1.82, 2.24) is 5.32 Å². The average molecular weight is 336 g/mol. The van der Waals surface area contributed by atoms with Gasteiger partial charge in [-0.05, 0) is 29.7 Å². The van der Waals surface area contributed by atoms with Crippen molar-refractivity contribution in [2.24, 2.45) is 5.14 Å². The lowest BCUT2D eigenvalue weighted by Gasteiger charge is -2.06. The number of sulfonamides is 1. The fourth-order valence-electron chi connectivity index (χ4n) is 2.06. The first kappa shape index (κ1) is 17.2. The fourth-order valence-corrected chi connectivity index (χ4v) is 2.45. The standard InChI is InChI=1S/C16H20N2O4S/c1-11(2)12-4-3-5-13(10-12)14-6-7-15(22-14)16(19)18-8-9-23(17,20)21/h3-7,10-11H,8-9H2,1-2H3,(H,18,19)(H2,17,20,21). The normalized spacial score (nSPS) is 11.7. The monoisotopic (exact) mass is 336 g/mol. The van der Waals surface area contributed by atoms with Crippen LogP contribution in [-0.4, -0.2) is 26.6 Å². The lowest BCUT2D eigenvalue weighted by molar-refractivity contribution is 0.0929. The molecule has 124 valence electrons. The first-order valence-corrected chi connectivity index (χ1v) is 8.96. The van der Waals surface area contributed by atoms with E-state index in [1.807, 2.05) is 24.3 Å². The maximum atomic E-state index is 11.9. The van der Waals surface area contributed by atoms with Gasteiger partial charge in [0.2, 0.25) is 10.0 Å². The van der Waals surface area contributed by atoms with Crippen LogP contribution < -0.4 is 10.5 Å². The second-order valence-corrected chi connectivity index (χ2v) is 7.30. The van der Waals surface area contributed by atoms with Crippen molar-refractivity contribution in [2.75, 3.05) is 12.3 Å². The van der Waals surface area contributed by atoms with Crippen LogP contribution in [-0.2, 0) is 10.0 Å². The van der Waals surface area contributed by atoms with Crippen molar-refractivity contribution >= 4 is 15.9 Å². The molecule has 1 aromatic heterocycles. The zero-order chi connectivity index (χ0) is 17.0. The number of hydrogen-bond donors (Lipinski definition) is 2. The summed E-state index contributed by atoms with van der Waals surface area (Å²) in [5, 5.41) is 7.33. The van der Waals surface area contributed by atoms with Gasteiger partial charge in [0.1, 0.15) is 5.76 Å². The molecule has 6 nitrogen and oxygen atoms in total. The summed E-state index contributed by atoms with van der Waals surface area (Å²) in [4.78, 5) is 11.9. The molecule has 0 aliphatic heterocycles. The van der Waals surface area contributed by atoms with E-state index >= 15 is 0 Å². The predicted octanol–water partition coefficient (Wildman–Crippen LogP) is 2.09. The van der Waals surface area contributed by atoms with Gasteiger partial charge in [-0.25, -0.2) is 13.6 Å². The molecule has 0 radical (unpaired) electrons. The molecular formula is C16H20N2O4S. The van der Waals surface area contributed by atoms with E-state index in [0.717, 1.165) is 5.56 Å². The SMILES string of the molecule is CC(C)c1cccc(-c2ccc(C(=O)NCCS(N)(=O)=O)o2)c1. The molecule has 0 saturated heterocycles. The van der Waals surface area contributed by atoms with E-state index < -0.39 is 15.9 Å². The molecule has 0 aliphatic carbocycles. The molecule has 23 heavy (non-hydrogen) atoms. The summed E-state index contributed by atoms with van der Waals surface area (Å²) in [5.41, 5.74) is 2.07. The molecule has 0 atom stereocenters. The van der Waals surface area contributed by atoms with E-state index in [1.54, 1.807) is 12.1 Å². The third-order valence-electron chi connectivity index (χ3n) is 3.34. The summed E-state index contributed by atoms with van der Waals surface area (Å²) >= 11 is 0. The number of hydrogen-bond acceptors (Lipinski definition) is 4. The predicted molar refractivity (Wildman–Crippen MR) is 88.5 cm³/mol. The molecular weight excluding hydrogens is 316 g/mol. The summed E-state index contributed by atoms with van der Waals surface area (Å²) in [6.45, 7) is 4.15. The highest BCUT2D eigenvalue weighted by Crippen LogP contribution is 2.25. The molecule has 0 unspecified atom stereocenters. The number of primary sulfonamides is 1. The Labute approximate surface area is 135 Å².